The Kier molecular flexibility index (Phi) is 7.45. The lowest BCUT2D eigenvalue weighted by atomic mass is 9.74. The van der Waals surface area contributed by atoms with Gasteiger partial charge in [-0.3, -0.25) is 4.79 Å². The third kappa shape index (κ3) is 4.67. The quantitative estimate of drug-likeness (QED) is 0.624. The third-order valence-corrected chi connectivity index (χ3v) is 3.27. The van der Waals surface area contributed by atoms with E-state index in [2.05, 4.69) is 20.8 Å². The largest absolute Gasteiger partial charge is 0.369 e. The zero-order chi connectivity index (χ0) is 11.7. The van der Waals surface area contributed by atoms with Crippen molar-refractivity contribution in [3.8, 4) is 0 Å². The first-order valence-electron chi connectivity index (χ1n) is 6.42. The zero-order valence-corrected chi connectivity index (χ0v) is 10.6. The van der Waals surface area contributed by atoms with Gasteiger partial charge in [-0.15, -0.1) is 0 Å². The van der Waals surface area contributed by atoms with Crippen LogP contribution >= 0.6 is 0 Å². The van der Waals surface area contributed by atoms with E-state index >= 15 is 0 Å². The van der Waals surface area contributed by atoms with Crippen LogP contribution in [0.3, 0.4) is 0 Å². The van der Waals surface area contributed by atoms with Gasteiger partial charge in [0.2, 0.25) is 5.91 Å². The highest BCUT2D eigenvalue weighted by molar-refractivity contribution is 5.80. The average molecular weight is 213 g/mol. The number of primary amides is 1. The first-order valence-corrected chi connectivity index (χ1v) is 6.42. The fraction of sp³-hybridized carbons (Fsp3) is 0.923. The number of carbonyl (C=O) groups excluding carboxylic acids is 1. The smallest absolute Gasteiger partial charge is 0.223 e. The molecule has 15 heavy (non-hydrogen) atoms. The second kappa shape index (κ2) is 7.72. The molecule has 0 unspecified atom stereocenters. The molecule has 0 atom stereocenters. The number of hydrogen-bond donors (Lipinski definition) is 1. The number of unbranched alkanes of at least 4 members (excludes halogenated alkanes) is 2. The maximum absolute atomic E-state index is 11.6. The molecular weight excluding hydrogens is 186 g/mol. The summed E-state index contributed by atoms with van der Waals surface area (Å²) >= 11 is 0. The van der Waals surface area contributed by atoms with E-state index in [-0.39, 0.29) is 11.3 Å². The van der Waals surface area contributed by atoms with Crippen LogP contribution in [0.2, 0.25) is 0 Å². The molecule has 0 aliphatic rings. The Morgan fingerprint density at radius 3 is 1.67 bits per heavy atom. The summed E-state index contributed by atoms with van der Waals surface area (Å²) in [6.45, 7) is 6.46. The van der Waals surface area contributed by atoms with Gasteiger partial charge in [-0.1, -0.05) is 52.9 Å². The number of hydrogen-bond acceptors (Lipinski definition) is 1. The van der Waals surface area contributed by atoms with Crippen molar-refractivity contribution in [3.05, 3.63) is 0 Å². The maximum Gasteiger partial charge on any atom is 0.223 e. The molecule has 0 radical (unpaired) electrons. The van der Waals surface area contributed by atoms with Crippen LogP contribution in [0.5, 0.6) is 0 Å². The topological polar surface area (TPSA) is 43.1 Å². The van der Waals surface area contributed by atoms with Crippen LogP contribution in [0.15, 0.2) is 0 Å². The Morgan fingerprint density at radius 2 is 1.40 bits per heavy atom. The first kappa shape index (κ1) is 14.5. The summed E-state index contributed by atoms with van der Waals surface area (Å²) in [5, 5.41) is 0. The average Bonchev–Trinajstić information content (AvgIpc) is 2.22. The molecule has 0 saturated carbocycles. The molecule has 2 nitrogen and oxygen atoms in total. The van der Waals surface area contributed by atoms with E-state index in [0.717, 1.165) is 51.4 Å². The second-order valence-corrected chi connectivity index (χ2v) is 4.60. The molecule has 0 aliphatic carbocycles. The molecule has 0 heterocycles. The summed E-state index contributed by atoms with van der Waals surface area (Å²) in [5.74, 6) is -0.0775. The Labute approximate surface area is 94.6 Å². The molecular formula is C13H27NO. The van der Waals surface area contributed by atoms with Gasteiger partial charge < -0.3 is 5.73 Å². The Balaban J connectivity index is 4.48. The Bertz CT molecular complexity index is 169. The summed E-state index contributed by atoms with van der Waals surface area (Å²) in [7, 11) is 0. The van der Waals surface area contributed by atoms with Crippen LogP contribution in [0.25, 0.3) is 0 Å². The van der Waals surface area contributed by atoms with Gasteiger partial charge in [0, 0.05) is 5.41 Å². The molecule has 2 N–H and O–H groups in total. The van der Waals surface area contributed by atoms with Gasteiger partial charge in [-0.25, -0.2) is 0 Å². The molecule has 0 saturated heterocycles. The molecule has 0 bridgehead atoms. The van der Waals surface area contributed by atoms with Crippen molar-refractivity contribution >= 4 is 5.91 Å². The zero-order valence-electron chi connectivity index (χ0n) is 10.6. The molecule has 1 amide bonds. The monoisotopic (exact) mass is 213 g/mol. The van der Waals surface area contributed by atoms with Crippen molar-refractivity contribution in [2.75, 3.05) is 0 Å². The van der Waals surface area contributed by atoms with E-state index < -0.39 is 0 Å². The highest BCUT2D eigenvalue weighted by Gasteiger charge is 2.33. The van der Waals surface area contributed by atoms with Gasteiger partial charge in [0.25, 0.3) is 0 Å². The lowest BCUT2D eigenvalue weighted by Gasteiger charge is -2.30. The molecule has 0 aromatic carbocycles. The molecule has 2 heteroatoms. The molecule has 90 valence electrons. The van der Waals surface area contributed by atoms with Crippen molar-refractivity contribution in [1.29, 1.82) is 0 Å². The second-order valence-electron chi connectivity index (χ2n) is 4.60. The molecule has 0 aromatic heterocycles. The van der Waals surface area contributed by atoms with E-state index in [4.69, 9.17) is 5.73 Å². The lowest BCUT2D eigenvalue weighted by molar-refractivity contribution is -0.129. The predicted octanol–water partition coefficient (Wildman–Crippen LogP) is 3.64. The van der Waals surface area contributed by atoms with Crippen LogP contribution in [0.1, 0.15) is 72.1 Å². The summed E-state index contributed by atoms with van der Waals surface area (Å²) in [5.41, 5.74) is 5.39. The van der Waals surface area contributed by atoms with Crippen molar-refractivity contribution in [3.63, 3.8) is 0 Å². The number of carbonyl (C=O) groups is 1. The van der Waals surface area contributed by atoms with Gasteiger partial charge >= 0.3 is 0 Å². The Morgan fingerprint density at radius 1 is 0.933 bits per heavy atom. The minimum absolute atomic E-state index is 0.0775. The molecule has 0 aliphatic heterocycles. The van der Waals surface area contributed by atoms with Crippen molar-refractivity contribution in [2.24, 2.45) is 11.1 Å². The van der Waals surface area contributed by atoms with E-state index in [1.54, 1.807) is 0 Å². The van der Waals surface area contributed by atoms with Crippen LogP contribution in [0.4, 0.5) is 0 Å². The lowest BCUT2D eigenvalue weighted by Crippen LogP contribution is -2.37. The summed E-state index contributed by atoms with van der Waals surface area (Å²) in [6.07, 6.45) is 8.49. The van der Waals surface area contributed by atoms with Gasteiger partial charge in [-0.05, 0) is 19.3 Å². The first-order chi connectivity index (χ1) is 7.13. The van der Waals surface area contributed by atoms with Crippen LogP contribution in [0, 0.1) is 5.41 Å². The van der Waals surface area contributed by atoms with E-state index in [0.29, 0.717) is 0 Å². The number of nitrogens with two attached hydrogens (primary N) is 1. The fourth-order valence-electron chi connectivity index (χ4n) is 2.25. The van der Waals surface area contributed by atoms with E-state index in [1.165, 1.54) is 0 Å². The normalized spacial score (nSPS) is 11.7. The number of rotatable bonds is 9. The Hall–Kier alpha value is -0.530. The van der Waals surface area contributed by atoms with Crippen LogP contribution < -0.4 is 5.73 Å². The maximum atomic E-state index is 11.6. The number of amides is 1. The predicted molar refractivity (Wildman–Crippen MR) is 65.6 cm³/mol. The molecule has 0 fully saturated rings. The highest BCUT2D eigenvalue weighted by atomic mass is 16.1. The molecule has 0 rings (SSSR count). The van der Waals surface area contributed by atoms with E-state index in [1.807, 2.05) is 0 Å². The molecule has 0 aromatic rings. The van der Waals surface area contributed by atoms with E-state index in [9.17, 15) is 4.79 Å². The SMILES string of the molecule is CCCCC(CCC)(CCCC)C(N)=O. The van der Waals surface area contributed by atoms with Crippen molar-refractivity contribution in [1.82, 2.24) is 0 Å². The minimum atomic E-state index is -0.208. The fourth-order valence-corrected chi connectivity index (χ4v) is 2.25. The van der Waals surface area contributed by atoms with Crippen molar-refractivity contribution < 1.29 is 4.79 Å². The van der Waals surface area contributed by atoms with Gasteiger partial charge in [0.1, 0.15) is 0 Å². The summed E-state index contributed by atoms with van der Waals surface area (Å²) in [4.78, 5) is 11.6. The van der Waals surface area contributed by atoms with Gasteiger partial charge in [-0.2, -0.15) is 0 Å². The summed E-state index contributed by atoms with van der Waals surface area (Å²) < 4.78 is 0. The standard InChI is InChI=1S/C13H27NO/c1-4-7-10-13(9-6-3,12(14)15)11-8-5-2/h4-11H2,1-3H3,(H2,14,15). The minimum Gasteiger partial charge on any atom is -0.369 e. The third-order valence-electron chi connectivity index (χ3n) is 3.27. The summed E-state index contributed by atoms with van der Waals surface area (Å²) in [6, 6.07) is 0. The highest BCUT2D eigenvalue weighted by Crippen LogP contribution is 2.35. The van der Waals surface area contributed by atoms with Crippen LogP contribution in [-0.4, -0.2) is 5.91 Å². The van der Waals surface area contributed by atoms with Gasteiger partial charge in [0.15, 0.2) is 0 Å². The van der Waals surface area contributed by atoms with Crippen molar-refractivity contribution in [2.45, 2.75) is 72.1 Å². The molecule has 0 spiro atoms. The van der Waals surface area contributed by atoms with Gasteiger partial charge in [0.05, 0.1) is 0 Å². The van der Waals surface area contributed by atoms with Crippen LogP contribution in [-0.2, 0) is 4.79 Å².